The van der Waals surface area contributed by atoms with Gasteiger partial charge < -0.3 is 14.8 Å². The normalized spacial score (nSPS) is 13.4. The quantitative estimate of drug-likeness (QED) is 0.110. The third-order valence-electron chi connectivity index (χ3n) is 4.74. The van der Waals surface area contributed by atoms with Crippen molar-refractivity contribution in [3.05, 3.63) is 53.3 Å². The van der Waals surface area contributed by atoms with Gasteiger partial charge in [-0.25, -0.2) is 4.39 Å². The van der Waals surface area contributed by atoms with Crippen LogP contribution in [0.5, 0.6) is 5.75 Å². The van der Waals surface area contributed by atoms with E-state index in [0.29, 0.717) is 38.0 Å². The number of benzene rings is 2. The Hall–Kier alpha value is -2.91. The van der Waals surface area contributed by atoms with Crippen LogP contribution >= 0.6 is 12.9 Å². The number of carbonyl (C=O) groups excluding carboxylic acids is 2. The Morgan fingerprint density at radius 1 is 1.26 bits per heavy atom. The molecule has 0 aliphatic carbocycles. The molecular weight excluding hydrogens is 423 g/mol. The largest absolute Gasteiger partial charge is 0.494 e. The monoisotopic (exact) mass is 447 g/mol. The third kappa shape index (κ3) is 6.05. The number of methoxy groups -OCH3 is 1. The molecule has 1 N–H and O–H groups in total. The first-order chi connectivity index (χ1) is 15.0. The Labute approximate surface area is 185 Å². The van der Waals surface area contributed by atoms with E-state index in [0.717, 1.165) is 23.1 Å². The van der Waals surface area contributed by atoms with Gasteiger partial charge in [0.15, 0.2) is 5.78 Å². The van der Waals surface area contributed by atoms with Crippen LogP contribution in [0.25, 0.3) is 0 Å². The Morgan fingerprint density at radius 3 is 2.87 bits per heavy atom. The van der Waals surface area contributed by atoms with Gasteiger partial charge in [-0.3, -0.25) is 9.59 Å². The number of thiol groups is 1. The molecule has 0 unspecified atom stereocenters. The van der Waals surface area contributed by atoms with Crippen molar-refractivity contribution >= 4 is 42.2 Å². The molecule has 1 aliphatic rings. The van der Waals surface area contributed by atoms with Crippen LogP contribution in [0.2, 0.25) is 0 Å². The number of ether oxygens (including phenoxy) is 2. The lowest BCUT2D eigenvalue weighted by atomic mass is 10.0. The number of unbranched alkanes of at least 4 members (excludes halogenated alkanes) is 1. The average Bonchev–Trinajstić information content (AvgIpc) is 2.76. The zero-order chi connectivity index (χ0) is 22.2. The van der Waals surface area contributed by atoms with Gasteiger partial charge in [0.05, 0.1) is 12.2 Å². The van der Waals surface area contributed by atoms with E-state index >= 15 is 0 Å². The number of amides is 1. The molecule has 1 aliphatic heterocycles. The molecule has 0 fully saturated rings. The van der Waals surface area contributed by atoms with Crippen molar-refractivity contribution in [2.24, 2.45) is 0 Å². The first-order valence-electron chi connectivity index (χ1n) is 9.83. The van der Waals surface area contributed by atoms with Crippen molar-refractivity contribution in [3.63, 3.8) is 0 Å². The van der Waals surface area contributed by atoms with E-state index in [-0.39, 0.29) is 23.9 Å². The number of Topliss-reactive ketones (excluding diaryl/α,β-unsaturated/α-hetero) is 1. The minimum Gasteiger partial charge on any atom is -0.494 e. The minimum absolute atomic E-state index is 0.0286. The number of carbonyl (C=O) groups is 2. The third-order valence-corrected chi connectivity index (χ3v) is 4.92. The second kappa shape index (κ2) is 10.9. The summed E-state index contributed by atoms with van der Waals surface area (Å²) in [5.41, 5.74) is 2.40. The van der Waals surface area contributed by atoms with Crippen molar-refractivity contribution < 1.29 is 32.5 Å². The Kier molecular flexibility index (Phi) is 8.02. The predicted molar refractivity (Wildman–Crippen MR) is 117 cm³/mol. The van der Waals surface area contributed by atoms with Gasteiger partial charge in [0.1, 0.15) is 31.1 Å². The molecule has 9 heteroatoms. The maximum atomic E-state index is 13.6. The standard InChI is InChI=1S/C22H23FN2O5S/c1-28-14-21(26)18-13-16(23)5-8-20(18)25(30-31)10-2-3-11-29-17-6-7-19-15(12-17)4-9-22(27)24-19/h5-8,10,12-13H,2-4,9,11,14H2,1H3,(H-,24,27,31)/p+1. The predicted octanol–water partition coefficient (Wildman–Crippen LogP) is 3.89. The van der Waals surface area contributed by atoms with Gasteiger partial charge in [0.2, 0.25) is 12.1 Å². The van der Waals surface area contributed by atoms with Crippen LogP contribution < -0.4 is 10.1 Å². The number of hydrogen-bond donors (Lipinski definition) is 2. The number of nitrogens with zero attached hydrogens (tertiary/aromatic N) is 1. The van der Waals surface area contributed by atoms with Gasteiger partial charge in [0, 0.05) is 36.4 Å². The zero-order valence-electron chi connectivity index (χ0n) is 17.1. The molecule has 2 aromatic rings. The molecule has 2 aromatic carbocycles. The molecule has 0 atom stereocenters. The first-order valence-corrected chi connectivity index (χ1v) is 10.2. The Morgan fingerprint density at radius 2 is 2.10 bits per heavy atom. The SMILES string of the molecule is COCC(=O)c1cc(F)ccc1[N+](=CCCCOc1ccc2c(c1)CCC(=O)N2)OS. The average molecular weight is 448 g/mol. The van der Waals surface area contributed by atoms with E-state index in [1.54, 1.807) is 6.21 Å². The molecule has 0 spiro atoms. The number of hydrogen-bond acceptors (Lipinski definition) is 6. The number of aryl methyl sites for hydroxylation is 1. The summed E-state index contributed by atoms with van der Waals surface area (Å²) in [4.78, 5) is 23.7. The molecule has 1 heterocycles. The van der Waals surface area contributed by atoms with Crippen molar-refractivity contribution in [2.75, 3.05) is 25.6 Å². The van der Waals surface area contributed by atoms with Gasteiger partial charge in [-0.05, 0) is 48.7 Å². The molecule has 31 heavy (non-hydrogen) atoms. The number of anilines is 1. The van der Waals surface area contributed by atoms with Crippen molar-refractivity contribution in [2.45, 2.75) is 25.7 Å². The second-order valence-electron chi connectivity index (χ2n) is 6.97. The number of halogens is 1. The topological polar surface area (TPSA) is 76.9 Å². The molecule has 0 radical (unpaired) electrons. The number of fused-ring (bicyclic) bond motifs is 1. The fraction of sp³-hybridized carbons (Fsp3) is 0.318. The smallest absolute Gasteiger partial charge is 0.269 e. The van der Waals surface area contributed by atoms with Crippen LogP contribution in [0.3, 0.4) is 0 Å². The van der Waals surface area contributed by atoms with Gasteiger partial charge in [-0.15, -0.1) is 0 Å². The Balaban J connectivity index is 1.59. The van der Waals surface area contributed by atoms with Crippen LogP contribution in [0.4, 0.5) is 15.8 Å². The van der Waals surface area contributed by atoms with E-state index in [1.165, 1.54) is 24.0 Å². The van der Waals surface area contributed by atoms with Gasteiger partial charge in [-0.2, -0.15) is 4.28 Å². The fourth-order valence-electron chi connectivity index (χ4n) is 3.24. The fourth-order valence-corrected chi connectivity index (χ4v) is 3.39. The second-order valence-corrected chi connectivity index (χ2v) is 7.13. The highest BCUT2D eigenvalue weighted by atomic mass is 32.1. The highest BCUT2D eigenvalue weighted by Gasteiger charge is 2.23. The van der Waals surface area contributed by atoms with Crippen LogP contribution in [0.15, 0.2) is 36.4 Å². The lowest BCUT2D eigenvalue weighted by molar-refractivity contribution is -0.672. The molecule has 0 bridgehead atoms. The van der Waals surface area contributed by atoms with Crippen LogP contribution in [-0.4, -0.2) is 43.0 Å². The summed E-state index contributed by atoms with van der Waals surface area (Å²) in [5, 5.41) is 2.84. The maximum absolute atomic E-state index is 13.6. The molecule has 1 amide bonds. The Bertz CT molecular complexity index is 996. The summed E-state index contributed by atoms with van der Waals surface area (Å²) < 4.78 is 30.7. The van der Waals surface area contributed by atoms with Gasteiger partial charge >= 0.3 is 0 Å². The van der Waals surface area contributed by atoms with E-state index in [4.69, 9.17) is 13.8 Å². The van der Waals surface area contributed by atoms with E-state index in [9.17, 15) is 14.0 Å². The molecule has 7 nitrogen and oxygen atoms in total. The highest BCUT2D eigenvalue weighted by Crippen LogP contribution is 2.27. The summed E-state index contributed by atoms with van der Waals surface area (Å²) in [5.74, 6) is -0.128. The number of rotatable bonds is 10. The lowest BCUT2D eigenvalue weighted by Crippen LogP contribution is -2.18. The molecule has 0 saturated carbocycles. The van der Waals surface area contributed by atoms with Crippen LogP contribution in [0, 0.1) is 5.82 Å². The summed E-state index contributed by atoms with van der Waals surface area (Å²) in [6, 6.07) is 9.45. The molecular formula is C22H24FN2O5S+. The number of nitrogens with one attached hydrogen (secondary N) is 1. The zero-order valence-corrected chi connectivity index (χ0v) is 18.0. The summed E-state index contributed by atoms with van der Waals surface area (Å²) in [6.45, 7) is 0.288. The molecule has 164 valence electrons. The van der Waals surface area contributed by atoms with Crippen molar-refractivity contribution in [1.29, 1.82) is 0 Å². The van der Waals surface area contributed by atoms with Crippen molar-refractivity contribution in [1.82, 2.24) is 0 Å². The summed E-state index contributed by atoms with van der Waals surface area (Å²) in [7, 11) is 1.40. The van der Waals surface area contributed by atoms with E-state index in [1.807, 2.05) is 18.2 Å². The summed E-state index contributed by atoms with van der Waals surface area (Å²) >= 11 is 3.85. The van der Waals surface area contributed by atoms with Crippen LogP contribution in [0.1, 0.15) is 35.2 Å². The number of ketones is 1. The van der Waals surface area contributed by atoms with Gasteiger partial charge in [0.25, 0.3) is 5.69 Å². The molecule has 3 rings (SSSR count). The summed E-state index contributed by atoms with van der Waals surface area (Å²) in [6.07, 6.45) is 4.11. The molecule has 0 saturated heterocycles. The minimum atomic E-state index is -0.527. The highest BCUT2D eigenvalue weighted by molar-refractivity contribution is 7.74. The van der Waals surface area contributed by atoms with E-state index < -0.39 is 5.82 Å². The molecule has 0 aromatic heterocycles. The lowest BCUT2D eigenvalue weighted by Gasteiger charge is -2.17. The first kappa shape index (κ1) is 22.8. The van der Waals surface area contributed by atoms with Crippen LogP contribution in [-0.2, 0) is 20.2 Å². The van der Waals surface area contributed by atoms with E-state index in [2.05, 4.69) is 18.2 Å². The van der Waals surface area contributed by atoms with Crippen molar-refractivity contribution in [3.8, 4) is 5.75 Å². The maximum Gasteiger partial charge on any atom is 0.269 e. The van der Waals surface area contributed by atoms with Gasteiger partial charge in [-0.1, -0.05) is 0 Å².